The van der Waals surface area contributed by atoms with E-state index in [0.29, 0.717) is 23.6 Å². The summed E-state index contributed by atoms with van der Waals surface area (Å²) < 4.78 is 0. The van der Waals surface area contributed by atoms with Gasteiger partial charge in [0, 0.05) is 48.5 Å². The van der Waals surface area contributed by atoms with E-state index in [4.69, 9.17) is 5.53 Å². The van der Waals surface area contributed by atoms with Crippen LogP contribution >= 0.6 is 11.8 Å². The van der Waals surface area contributed by atoms with Crippen molar-refractivity contribution in [1.82, 2.24) is 9.80 Å². The summed E-state index contributed by atoms with van der Waals surface area (Å²) in [5, 5.41) is 22.5. The lowest BCUT2D eigenvalue weighted by Crippen LogP contribution is -2.61. The van der Waals surface area contributed by atoms with E-state index in [1.165, 1.54) is 28.5 Å². The zero-order valence-corrected chi connectivity index (χ0v) is 15.3. The molecule has 0 spiro atoms. The Balaban J connectivity index is 1.92. The number of carboxylic acid groups (broad SMARTS) is 1. The second kappa shape index (κ2) is 8.43. The van der Waals surface area contributed by atoms with Gasteiger partial charge in [0.25, 0.3) is 0 Å². The van der Waals surface area contributed by atoms with Gasteiger partial charge in [-0.2, -0.15) is 0 Å². The van der Waals surface area contributed by atoms with Crippen molar-refractivity contribution in [2.24, 2.45) is 11.0 Å². The van der Waals surface area contributed by atoms with Crippen LogP contribution in [0.1, 0.15) is 19.8 Å². The first-order valence-electron chi connectivity index (χ1n) is 8.14. The van der Waals surface area contributed by atoms with Crippen molar-refractivity contribution in [3.63, 3.8) is 0 Å². The molecule has 0 saturated carbocycles. The number of amides is 2. The van der Waals surface area contributed by atoms with Crippen LogP contribution in [0.5, 0.6) is 0 Å². The lowest BCUT2D eigenvalue weighted by molar-refractivity contribution is -0.161. The number of nitrogens with zero attached hydrogens (tertiary/aromatic N) is 5. The van der Waals surface area contributed by atoms with E-state index in [1.54, 1.807) is 7.05 Å². The van der Waals surface area contributed by atoms with E-state index in [-0.39, 0.29) is 36.5 Å². The molecule has 3 atom stereocenters. The molecule has 11 heteroatoms. The molecule has 2 amide bonds. The summed E-state index contributed by atoms with van der Waals surface area (Å²) in [6.45, 7) is 2.03. The Labute approximate surface area is 154 Å². The third-order valence-corrected chi connectivity index (χ3v) is 5.60. The molecule has 2 N–H and O–H groups in total. The highest BCUT2D eigenvalue weighted by Gasteiger charge is 2.56. The second-order valence-corrected chi connectivity index (χ2v) is 7.38. The van der Waals surface area contributed by atoms with Crippen LogP contribution < -0.4 is 0 Å². The van der Waals surface area contributed by atoms with Crippen LogP contribution in [0.4, 0.5) is 0 Å². The highest BCUT2D eigenvalue weighted by Crippen LogP contribution is 2.46. The molecule has 0 unspecified atom stereocenters. The van der Waals surface area contributed by atoms with E-state index in [0.717, 1.165) is 0 Å². The molecule has 142 valence electrons. The van der Waals surface area contributed by atoms with Crippen LogP contribution in [-0.2, 0) is 14.4 Å². The SMILES string of the molecule is C[C@@H](O)[C@H]1C(=O)N2C(C(=O)O)=C(SCCN(C)C(=O)CCN=[N+]=[N-])C[C@H]12. The van der Waals surface area contributed by atoms with Crippen LogP contribution in [0, 0.1) is 5.92 Å². The van der Waals surface area contributed by atoms with Crippen molar-refractivity contribution in [3.05, 3.63) is 21.0 Å². The van der Waals surface area contributed by atoms with Gasteiger partial charge in [0.05, 0.1) is 18.1 Å². The Morgan fingerprint density at radius 2 is 2.23 bits per heavy atom. The first-order chi connectivity index (χ1) is 12.3. The topological polar surface area (TPSA) is 147 Å². The largest absolute Gasteiger partial charge is 0.477 e. The molecule has 10 nitrogen and oxygen atoms in total. The summed E-state index contributed by atoms with van der Waals surface area (Å²) in [4.78, 5) is 41.4. The number of carboxylic acids is 1. The fourth-order valence-corrected chi connectivity index (χ4v) is 4.39. The van der Waals surface area contributed by atoms with E-state index >= 15 is 0 Å². The molecule has 1 saturated heterocycles. The van der Waals surface area contributed by atoms with Crippen LogP contribution in [-0.4, -0.2) is 75.8 Å². The molecular weight excluding hydrogens is 362 g/mol. The highest BCUT2D eigenvalue weighted by molar-refractivity contribution is 8.03. The Morgan fingerprint density at radius 3 is 2.81 bits per heavy atom. The third-order valence-electron chi connectivity index (χ3n) is 4.51. The molecular formula is C15H21N5O5S. The molecule has 2 aliphatic heterocycles. The molecule has 0 radical (unpaired) electrons. The van der Waals surface area contributed by atoms with Gasteiger partial charge in [-0.15, -0.1) is 11.8 Å². The van der Waals surface area contributed by atoms with E-state index in [1.807, 2.05) is 0 Å². The summed E-state index contributed by atoms with van der Waals surface area (Å²) in [7, 11) is 1.63. The summed E-state index contributed by atoms with van der Waals surface area (Å²) in [6, 6.07) is -0.306. The lowest BCUT2D eigenvalue weighted by Gasteiger charge is -2.44. The normalized spacial score (nSPS) is 22.4. The Hall–Kier alpha value is -2.23. The smallest absolute Gasteiger partial charge is 0.353 e. The summed E-state index contributed by atoms with van der Waals surface area (Å²) >= 11 is 1.31. The van der Waals surface area contributed by atoms with Gasteiger partial charge in [0.2, 0.25) is 11.8 Å². The molecule has 0 aromatic heterocycles. The molecule has 0 bridgehead atoms. The third kappa shape index (κ3) is 3.95. The summed E-state index contributed by atoms with van der Waals surface area (Å²) in [5.74, 6) is -1.77. The number of carbonyl (C=O) groups excluding carboxylic acids is 2. The molecule has 0 aromatic rings. The Kier molecular flexibility index (Phi) is 6.52. The molecule has 2 heterocycles. The zero-order valence-electron chi connectivity index (χ0n) is 14.5. The monoisotopic (exact) mass is 383 g/mol. The Morgan fingerprint density at radius 1 is 1.54 bits per heavy atom. The number of thioether (sulfide) groups is 1. The van der Waals surface area contributed by atoms with Gasteiger partial charge in [0.15, 0.2) is 0 Å². The van der Waals surface area contributed by atoms with Crippen LogP contribution in [0.15, 0.2) is 15.7 Å². The molecule has 0 aliphatic carbocycles. The van der Waals surface area contributed by atoms with Crippen molar-refractivity contribution >= 4 is 29.5 Å². The maximum atomic E-state index is 12.1. The number of hydrogen-bond donors (Lipinski definition) is 2. The molecule has 2 rings (SSSR count). The number of aliphatic carboxylic acids is 1. The molecule has 1 fully saturated rings. The first kappa shape index (κ1) is 20.1. The minimum atomic E-state index is -1.16. The number of carbonyl (C=O) groups is 3. The second-order valence-electron chi connectivity index (χ2n) is 6.19. The average Bonchev–Trinajstić information content (AvgIpc) is 2.89. The predicted molar refractivity (Wildman–Crippen MR) is 93.8 cm³/mol. The van der Waals surface area contributed by atoms with Gasteiger partial charge in [-0.25, -0.2) is 4.79 Å². The summed E-state index contributed by atoms with van der Waals surface area (Å²) in [6.07, 6.45) is -0.292. The van der Waals surface area contributed by atoms with Crippen molar-refractivity contribution in [2.45, 2.75) is 31.9 Å². The number of fused-ring (bicyclic) bond motifs is 1. The highest BCUT2D eigenvalue weighted by atomic mass is 32.2. The van der Waals surface area contributed by atoms with Crippen molar-refractivity contribution in [2.75, 3.05) is 25.9 Å². The zero-order chi connectivity index (χ0) is 19.4. The van der Waals surface area contributed by atoms with E-state index in [9.17, 15) is 24.6 Å². The fraction of sp³-hybridized carbons (Fsp3) is 0.667. The first-order valence-corrected chi connectivity index (χ1v) is 9.13. The van der Waals surface area contributed by atoms with Gasteiger partial charge in [-0.3, -0.25) is 9.59 Å². The minimum Gasteiger partial charge on any atom is -0.477 e. The fourth-order valence-electron chi connectivity index (χ4n) is 3.17. The van der Waals surface area contributed by atoms with Crippen LogP contribution in [0.2, 0.25) is 0 Å². The quantitative estimate of drug-likeness (QED) is 0.260. The maximum Gasteiger partial charge on any atom is 0.353 e. The van der Waals surface area contributed by atoms with Crippen molar-refractivity contribution < 1.29 is 24.6 Å². The number of rotatable bonds is 9. The lowest BCUT2D eigenvalue weighted by atomic mass is 9.83. The predicted octanol–water partition coefficient (Wildman–Crippen LogP) is 0.786. The minimum absolute atomic E-state index is 0.0146. The van der Waals surface area contributed by atoms with Gasteiger partial charge < -0.3 is 20.0 Å². The van der Waals surface area contributed by atoms with Gasteiger partial charge in [-0.05, 0) is 12.5 Å². The number of β-lactam (4-membered cyclic amide) rings is 1. The molecule has 26 heavy (non-hydrogen) atoms. The summed E-state index contributed by atoms with van der Waals surface area (Å²) in [5.41, 5.74) is 8.19. The van der Waals surface area contributed by atoms with Crippen LogP contribution in [0.3, 0.4) is 0 Å². The van der Waals surface area contributed by atoms with Gasteiger partial charge in [-0.1, -0.05) is 5.11 Å². The van der Waals surface area contributed by atoms with Crippen molar-refractivity contribution in [1.29, 1.82) is 0 Å². The number of hydrogen-bond acceptors (Lipinski definition) is 6. The van der Waals surface area contributed by atoms with E-state index in [2.05, 4.69) is 10.0 Å². The van der Waals surface area contributed by atoms with E-state index < -0.39 is 18.0 Å². The molecule has 2 aliphatic rings. The van der Waals surface area contributed by atoms with Gasteiger partial charge >= 0.3 is 5.97 Å². The average molecular weight is 383 g/mol. The molecule has 0 aromatic carbocycles. The van der Waals surface area contributed by atoms with Gasteiger partial charge in [0.1, 0.15) is 5.70 Å². The standard InChI is InChI=1S/C15H21N5O5S/c1-8(21)12-9-7-10(13(15(24)25)20(9)14(12)23)26-6-5-19(2)11(22)3-4-17-18-16/h8-9,12,21H,3-7H2,1-2H3,(H,24,25)/t8-,9-,12-/m1/s1. The number of azide groups is 1. The van der Waals surface area contributed by atoms with Crippen molar-refractivity contribution in [3.8, 4) is 0 Å². The van der Waals surface area contributed by atoms with Crippen LogP contribution in [0.25, 0.3) is 10.4 Å². The maximum absolute atomic E-state index is 12.1. The number of aliphatic hydroxyl groups is 1. The number of aliphatic hydroxyl groups excluding tert-OH is 1. The Bertz CT molecular complexity index is 688.